The summed E-state index contributed by atoms with van der Waals surface area (Å²) < 4.78 is 0. The first-order chi connectivity index (χ1) is 18.2. The van der Waals surface area contributed by atoms with E-state index in [0.29, 0.717) is 73.8 Å². The van der Waals surface area contributed by atoms with Crippen LogP contribution in [0.15, 0.2) is 24.3 Å². The molecule has 10 nitrogen and oxygen atoms in total. The van der Waals surface area contributed by atoms with Crippen LogP contribution in [-0.2, 0) is 16.0 Å². The van der Waals surface area contributed by atoms with E-state index in [0.717, 1.165) is 31.7 Å². The molecule has 0 bridgehead atoms. The Morgan fingerprint density at radius 1 is 0.895 bits per heavy atom. The van der Waals surface area contributed by atoms with Crippen LogP contribution in [0, 0.1) is 25.7 Å². The molecular formula is C28H37N7O3. The highest BCUT2D eigenvalue weighted by atomic mass is 16.2. The second kappa shape index (κ2) is 10.6. The monoisotopic (exact) mass is 519 g/mol. The average Bonchev–Trinajstić information content (AvgIpc) is 3.47. The van der Waals surface area contributed by atoms with E-state index in [9.17, 15) is 14.4 Å². The van der Waals surface area contributed by atoms with Crippen LogP contribution in [0.3, 0.4) is 0 Å². The maximum atomic E-state index is 13.6. The summed E-state index contributed by atoms with van der Waals surface area (Å²) >= 11 is 0. The first kappa shape index (κ1) is 25.9. The summed E-state index contributed by atoms with van der Waals surface area (Å²) in [6.07, 6.45) is 1.01. The molecule has 1 aromatic heterocycles. The van der Waals surface area contributed by atoms with Gasteiger partial charge in [-0.3, -0.25) is 14.4 Å². The minimum absolute atomic E-state index is 0.0161. The van der Waals surface area contributed by atoms with Crippen LogP contribution in [0.1, 0.15) is 40.7 Å². The molecule has 3 saturated heterocycles. The van der Waals surface area contributed by atoms with Crippen molar-refractivity contribution in [2.24, 2.45) is 17.6 Å². The van der Waals surface area contributed by atoms with Gasteiger partial charge in [-0.25, -0.2) is 9.97 Å². The minimum atomic E-state index is -0.283. The molecule has 2 unspecified atom stereocenters. The summed E-state index contributed by atoms with van der Waals surface area (Å²) in [5, 5.41) is 0. The van der Waals surface area contributed by atoms with Gasteiger partial charge < -0.3 is 25.3 Å². The topological polar surface area (TPSA) is 116 Å². The Hall–Kier alpha value is -3.69. The molecule has 0 radical (unpaired) electrons. The van der Waals surface area contributed by atoms with E-state index in [1.165, 1.54) is 5.69 Å². The van der Waals surface area contributed by atoms with E-state index in [1.807, 2.05) is 35.8 Å². The van der Waals surface area contributed by atoms with Gasteiger partial charge in [0.05, 0.1) is 17.0 Å². The summed E-state index contributed by atoms with van der Waals surface area (Å²) in [5.74, 6) is 1.30. The zero-order chi connectivity index (χ0) is 27.0. The number of likely N-dealkylation sites (tertiary alicyclic amines) is 1. The maximum Gasteiger partial charge on any atom is 0.257 e. The van der Waals surface area contributed by atoms with Crippen molar-refractivity contribution in [1.29, 1.82) is 0 Å². The summed E-state index contributed by atoms with van der Waals surface area (Å²) in [6.45, 7) is 11.3. The van der Waals surface area contributed by atoms with Gasteiger partial charge >= 0.3 is 0 Å². The van der Waals surface area contributed by atoms with Gasteiger partial charge in [0, 0.05) is 83.2 Å². The number of hydrogen-bond acceptors (Lipinski definition) is 7. The van der Waals surface area contributed by atoms with Crippen LogP contribution >= 0.6 is 0 Å². The molecule has 3 amide bonds. The highest BCUT2D eigenvalue weighted by Crippen LogP contribution is 2.35. The van der Waals surface area contributed by atoms with E-state index in [1.54, 1.807) is 6.92 Å². The molecule has 0 saturated carbocycles. The van der Waals surface area contributed by atoms with Crippen molar-refractivity contribution < 1.29 is 14.4 Å². The average molecular weight is 520 g/mol. The normalized spacial score (nSPS) is 21.1. The third-order valence-corrected chi connectivity index (χ3v) is 8.19. The second-order valence-electron chi connectivity index (χ2n) is 10.8. The van der Waals surface area contributed by atoms with Crippen molar-refractivity contribution >= 4 is 29.4 Å². The predicted octanol–water partition coefficient (Wildman–Crippen LogP) is 1.39. The predicted molar refractivity (Wildman–Crippen MR) is 145 cm³/mol. The number of carbonyl (C=O) groups excluding carboxylic acids is 3. The van der Waals surface area contributed by atoms with E-state index in [4.69, 9.17) is 15.7 Å². The number of piperazine rings is 1. The zero-order valence-electron chi connectivity index (χ0n) is 22.5. The van der Waals surface area contributed by atoms with Gasteiger partial charge in [-0.1, -0.05) is 12.1 Å². The fourth-order valence-corrected chi connectivity index (χ4v) is 6.07. The Morgan fingerprint density at radius 2 is 1.53 bits per heavy atom. The molecule has 3 aliphatic heterocycles. The lowest BCUT2D eigenvalue weighted by Gasteiger charge is -2.34. The molecule has 1 aromatic carbocycles. The van der Waals surface area contributed by atoms with Crippen LogP contribution in [0.25, 0.3) is 0 Å². The van der Waals surface area contributed by atoms with Crippen molar-refractivity contribution in [2.75, 3.05) is 62.2 Å². The maximum absolute atomic E-state index is 13.6. The summed E-state index contributed by atoms with van der Waals surface area (Å²) in [6, 6.07) is 8.34. The molecule has 3 aliphatic rings. The van der Waals surface area contributed by atoms with Crippen molar-refractivity contribution in [3.8, 4) is 0 Å². The molecule has 0 aliphatic carbocycles. The third kappa shape index (κ3) is 5.30. The molecule has 5 rings (SSSR count). The number of primary amides is 1. The molecule has 10 heteroatoms. The molecule has 202 valence electrons. The Kier molecular flexibility index (Phi) is 7.23. The zero-order valence-corrected chi connectivity index (χ0v) is 22.5. The quantitative estimate of drug-likeness (QED) is 0.613. The Labute approximate surface area is 223 Å². The number of benzene rings is 1. The summed E-state index contributed by atoms with van der Waals surface area (Å²) in [4.78, 5) is 54.1. The van der Waals surface area contributed by atoms with Crippen molar-refractivity contribution in [3.05, 3.63) is 46.8 Å². The van der Waals surface area contributed by atoms with Crippen molar-refractivity contribution in [3.63, 3.8) is 0 Å². The third-order valence-electron chi connectivity index (χ3n) is 8.19. The SMILES string of the molecule is CC(=O)N1CCN(c2nc(C)c(C(=O)N3CC4CN(c5cccc(CCC(N)=O)c5)CC4C3)c(C)n2)CC1. The van der Waals surface area contributed by atoms with Gasteiger partial charge in [0.25, 0.3) is 5.91 Å². The van der Waals surface area contributed by atoms with Gasteiger partial charge in [-0.15, -0.1) is 0 Å². The Morgan fingerprint density at radius 3 is 2.11 bits per heavy atom. The van der Waals surface area contributed by atoms with Gasteiger partial charge in [0.15, 0.2) is 0 Å². The number of nitrogens with zero attached hydrogens (tertiary/aromatic N) is 6. The number of aryl methyl sites for hydroxylation is 3. The smallest absolute Gasteiger partial charge is 0.257 e. The lowest BCUT2D eigenvalue weighted by Crippen LogP contribution is -2.48. The molecular weight excluding hydrogens is 482 g/mol. The first-order valence-electron chi connectivity index (χ1n) is 13.5. The van der Waals surface area contributed by atoms with Crippen LogP contribution in [-0.4, -0.2) is 89.8 Å². The summed E-state index contributed by atoms with van der Waals surface area (Å²) in [7, 11) is 0. The number of anilines is 2. The van der Waals surface area contributed by atoms with Crippen LogP contribution in [0.5, 0.6) is 0 Å². The standard InChI is InChI=1S/C28H37N7O3/c1-18-26(19(2)31-28(30-18)33-11-9-32(10-12-33)20(3)36)27(38)35-16-22-14-34(15-23(22)17-35)24-6-4-5-21(13-24)7-8-25(29)37/h4-6,13,22-23H,7-12,14-17H2,1-3H3,(H2,29,37). The highest BCUT2D eigenvalue weighted by Gasteiger charge is 2.42. The van der Waals surface area contributed by atoms with Crippen LogP contribution < -0.4 is 15.5 Å². The number of nitrogens with two attached hydrogens (primary N) is 1. The van der Waals surface area contributed by atoms with Gasteiger partial charge in [-0.05, 0) is 38.0 Å². The first-order valence-corrected chi connectivity index (χ1v) is 13.5. The fourth-order valence-electron chi connectivity index (χ4n) is 6.07. The number of hydrogen-bond donors (Lipinski definition) is 1. The van der Waals surface area contributed by atoms with E-state index < -0.39 is 0 Å². The molecule has 38 heavy (non-hydrogen) atoms. The number of fused-ring (bicyclic) bond motifs is 1. The fraction of sp³-hybridized carbons (Fsp3) is 0.536. The number of carbonyl (C=O) groups is 3. The largest absolute Gasteiger partial charge is 0.371 e. The second-order valence-corrected chi connectivity index (χ2v) is 10.8. The van der Waals surface area contributed by atoms with Crippen molar-refractivity contribution in [2.45, 2.75) is 33.6 Å². The van der Waals surface area contributed by atoms with E-state index >= 15 is 0 Å². The van der Waals surface area contributed by atoms with Crippen LogP contribution in [0.2, 0.25) is 0 Å². The molecule has 2 N–H and O–H groups in total. The highest BCUT2D eigenvalue weighted by molar-refractivity contribution is 5.96. The molecule has 2 atom stereocenters. The van der Waals surface area contributed by atoms with Crippen molar-refractivity contribution in [1.82, 2.24) is 19.8 Å². The Balaban J connectivity index is 1.21. The lowest BCUT2D eigenvalue weighted by molar-refractivity contribution is -0.129. The van der Waals surface area contributed by atoms with E-state index in [-0.39, 0.29) is 17.7 Å². The van der Waals surface area contributed by atoms with Gasteiger partial charge in [0.1, 0.15) is 0 Å². The minimum Gasteiger partial charge on any atom is -0.371 e. The molecule has 4 heterocycles. The summed E-state index contributed by atoms with van der Waals surface area (Å²) in [5.41, 5.74) is 9.61. The van der Waals surface area contributed by atoms with E-state index in [2.05, 4.69) is 21.9 Å². The number of aromatic nitrogens is 2. The number of amides is 3. The molecule has 2 aromatic rings. The van der Waals surface area contributed by atoms with Gasteiger partial charge in [0.2, 0.25) is 17.8 Å². The molecule has 0 spiro atoms. The van der Waals surface area contributed by atoms with Crippen LogP contribution in [0.4, 0.5) is 11.6 Å². The lowest BCUT2D eigenvalue weighted by atomic mass is 10.0. The Bertz CT molecular complexity index is 1200. The molecule has 3 fully saturated rings. The van der Waals surface area contributed by atoms with Gasteiger partial charge in [-0.2, -0.15) is 0 Å². The number of rotatable bonds is 6.